The van der Waals surface area contributed by atoms with E-state index in [-0.39, 0.29) is 18.5 Å². The number of hydrogen-bond donors (Lipinski definition) is 3. The first-order valence-corrected chi connectivity index (χ1v) is 38.5. The minimum Gasteiger partial charge on any atom is -0.466 e. The van der Waals surface area contributed by atoms with Crippen LogP contribution < -0.4 is 5.32 Å². The average Bonchev–Trinajstić information content (AvgIpc) is 3.48. The van der Waals surface area contributed by atoms with Crippen LogP contribution in [0.1, 0.15) is 444 Å². The summed E-state index contributed by atoms with van der Waals surface area (Å²) in [6.07, 6.45) is 91.8. The number of unbranched alkanes of at least 4 members (excludes halogenated alkanes) is 62. The van der Waals surface area contributed by atoms with Crippen molar-refractivity contribution in [3.63, 3.8) is 0 Å². The van der Waals surface area contributed by atoms with Crippen LogP contribution in [0.5, 0.6) is 0 Å². The Morgan fingerprint density at radius 2 is 0.554 bits per heavy atom. The summed E-state index contributed by atoms with van der Waals surface area (Å²) in [5, 5.41) is 23.3. The summed E-state index contributed by atoms with van der Waals surface area (Å²) in [6.45, 7) is 4.96. The Bertz CT molecular complexity index is 1260. The monoisotopic (exact) mass is 1170 g/mol. The van der Waals surface area contributed by atoms with Gasteiger partial charge in [-0.15, -0.1) is 0 Å². The van der Waals surface area contributed by atoms with E-state index in [0.29, 0.717) is 19.4 Å². The maximum Gasteiger partial charge on any atom is 0.305 e. The molecule has 2 unspecified atom stereocenters. The predicted molar refractivity (Wildman–Crippen MR) is 366 cm³/mol. The number of ether oxygens (including phenoxy) is 1. The topological polar surface area (TPSA) is 95.9 Å². The normalized spacial score (nSPS) is 12.5. The zero-order chi connectivity index (χ0) is 59.9. The van der Waals surface area contributed by atoms with Crippen LogP contribution in [0.4, 0.5) is 0 Å². The molecular formula is C77H151NO5. The number of aliphatic hydroxyl groups is 2. The van der Waals surface area contributed by atoms with E-state index < -0.39 is 12.1 Å². The van der Waals surface area contributed by atoms with Crippen LogP contribution in [0, 0.1) is 0 Å². The second-order valence-electron chi connectivity index (χ2n) is 26.7. The van der Waals surface area contributed by atoms with E-state index in [1.54, 1.807) is 6.08 Å². The molecule has 0 heterocycles. The van der Waals surface area contributed by atoms with Crippen LogP contribution in [-0.4, -0.2) is 47.4 Å². The third-order valence-electron chi connectivity index (χ3n) is 18.3. The fourth-order valence-corrected chi connectivity index (χ4v) is 12.5. The van der Waals surface area contributed by atoms with E-state index in [4.69, 9.17) is 4.74 Å². The molecule has 0 spiro atoms. The molecule has 0 aliphatic rings. The SMILES string of the molecule is CCCCCCCCCCCCCCCCCCCCCCCC/C=C/C(O)C(CO)NC(=O)CCCCCCCCCCCCCCCCCCCCCCCCCCCCCCOC(=O)CCCCCCCCCCCCCCCC. The lowest BCUT2D eigenvalue weighted by atomic mass is 10.0. The van der Waals surface area contributed by atoms with E-state index in [1.807, 2.05) is 6.08 Å². The van der Waals surface area contributed by atoms with Crippen LogP contribution in [0.25, 0.3) is 0 Å². The summed E-state index contributed by atoms with van der Waals surface area (Å²) in [7, 11) is 0. The number of amides is 1. The van der Waals surface area contributed by atoms with Gasteiger partial charge in [0.15, 0.2) is 0 Å². The van der Waals surface area contributed by atoms with Crippen LogP contribution in [0.3, 0.4) is 0 Å². The number of allylic oxidation sites excluding steroid dienone is 1. The molecule has 0 aromatic carbocycles. The van der Waals surface area contributed by atoms with Gasteiger partial charge >= 0.3 is 5.97 Å². The summed E-state index contributed by atoms with van der Waals surface area (Å²) in [5.74, 6) is -0.0372. The van der Waals surface area contributed by atoms with Gasteiger partial charge in [0.05, 0.1) is 25.4 Å². The number of rotatable bonds is 73. The Kier molecular flexibility index (Phi) is 71.8. The number of esters is 1. The Hall–Kier alpha value is -1.40. The van der Waals surface area contributed by atoms with Crippen LogP contribution in [0.15, 0.2) is 12.2 Å². The zero-order valence-corrected chi connectivity index (χ0v) is 56.7. The lowest BCUT2D eigenvalue weighted by molar-refractivity contribution is -0.143. The van der Waals surface area contributed by atoms with Gasteiger partial charge in [-0.05, 0) is 32.1 Å². The molecule has 2 atom stereocenters. The molecule has 0 bridgehead atoms. The van der Waals surface area contributed by atoms with Crippen LogP contribution in [-0.2, 0) is 14.3 Å². The van der Waals surface area contributed by atoms with Crippen molar-refractivity contribution in [1.82, 2.24) is 5.32 Å². The van der Waals surface area contributed by atoms with E-state index >= 15 is 0 Å². The van der Waals surface area contributed by atoms with Gasteiger partial charge in [0.1, 0.15) is 0 Å². The van der Waals surface area contributed by atoms with Gasteiger partial charge in [0.2, 0.25) is 5.91 Å². The van der Waals surface area contributed by atoms with Gasteiger partial charge in [-0.3, -0.25) is 9.59 Å². The van der Waals surface area contributed by atoms with Crippen molar-refractivity contribution in [1.29, 1.82) is 0 Å². The Morgan fingerprint density at radius 3 is 0.819 bits per heavy atom. The third kappa shape index (κ3) is 69.6. The van der Waals surface area contributed by atoms with Gasteiger partial charge in [-0.1, -0.05) is 411 Å². The smallest absolute Gasteiger partial charge is 0.305 e. The maximum atomic E-state index is 12.5. The number of carbonyl (C=O) groups is 2. The second-order valence-corrected chi connectivity index (χ2v) is 26.7. The number of hydrogen-bond acceptors (Lipinski definition) is 5. The highest BCUT2D eigenvalue weighted by atomic mass is 16.5. The minimum atomic E-state index is -0.843. The van der Waals surface area contributed by atoms with Crippen molar-refractivity contribution >= 4 is 11.9 Å². The molecule has 3 N–H and O–H groups in total. The van der Waals surface area contributed by atoms with Crippen molar-refractivity contribution < 1.29 is 24.5 Å². The Morgan fingerprint density at radius 1 is 0.325 bits per heavy atom. The summed E-state index contributed by atoms with van der Waals surface area (Å²) in [4.78, 5) is 24.6. The van der Waals surface area contributed by atoms with Gasteiger partial charge in [0.25, 0.3) is 0 Å². The molecule has 494 valence electrons. The second kappa shape index (κ2) is 73.1. The quantitative estimate of drug-likeness (QED) is 0.0320. The fourth-order valence-electron chi connectivity index (χ4n) is 12.5. The largest absolute Gasteiger partial charge is 0.466 e. The average molecular weight is 1170 g/mol. The lowest BCUT2D eigenvalue weighted by Crippen LogP contribution is -2.45. The van der Waals surface area contributed by atoms with E-state index in [2.05, 4.69) is 19.2 Å². The molecule has 0 saturated carbocycles. The molecule has 0 aromatic heterocycles. The summed E-state index contributed by atoms with van der Waals surface area (Å²) in [5.41, 5.74) is 0. The van der Waals surface area contributed by atoms with Crippen LogP contribution >= 0.6 is 0 Å². The number of carbonyl (C=O) groups excluding carboxylic acids is 2. The first-order valence-electron chi connectivity index (χ1n) is 38.5. The zero-order valence-electron chi connectivity index (χ0n) is 56.7. The molecule has 0 aliphatic carbocycles. The molecule has 1 amide bonds. The molecule has 83 heavy (non-hydrogen) atoms. The van der Waals surface area contributed by atoms with Crippen LogP contribution in [0.2, 0.25) is 0 Å². The first-order chi connectivity index (χ1) is 41.0. The highest BCUT2D eigenvalue weighted by Gasteiger charge is 2.18. The molecule has 0 aromatic rings. The lowest BCUT2D eigenvalue weighted by Gasteiger charge is -2.20. The number of aliphatic hydroxyl groups excluding tert-OH is 2. The molecule has 0 saturated heterocycles. The Labute approximate surface area is 520 Å². The summed E-state index contributed by atoms with van der Waals surface area (Å²) >= 11 is 0. The van der Waals surface area contributed by atoms with E-state index in [9.17, 15) is 19.8 Å². The predicted octanol–water partition coefficient (Wildman–Crippen LogP) is 25.1. The molecule has 0 aliphatic heterocycles. The molecular weight excluding hydrogens is 1020 g/mol. The van der Waals surface area contributed by atoms with Crippen molar-refractivity contribution in [2.45, 2.75) is 456 Å². The van der Waals surface area contributed by atoms with Crippen molar-refractivity contribution in [2.75, 3.05) is 13.2 Å². The highest BCUT2D eigenvalue weighted by Crippen LogP contribution is 2.20. The first kappa shape index (κ1) is 81.6. The molecule has 6 nitrogen and oxygen atoms in total. The van der Waals surface area contributed by atoms with E-state index in [1.165, 1.54) is 379 Å². The van der Waals surface area contributed by atoms with Crippen molar-refractivity contribution in [3.8, 4) is 0 Å². The summed E-state index contributed by atoms with van der Waals surface area (Å²) < 4.78 is 5.50. The van der Waals surface area contributed by atoms with Gasteiger partial charge in [0, 0.05) is 12.8 Å². The third-order valence-corrected chi connectivity index (χ3v) is 18.3. The molecule has 0 rings (SSSR count). The fraction of sp³-hybridized carbons (Fsp3) is 0.948. The molecule has 6 heteroatoms. The van der Waals surface area contributed by atoms with Crippen molar-refractivity contribution in [2.24, 2.45) is 0 Å². The van der Waals surface area contributed by atoms with Crippen molar-refractivity contribution in [3.05, 3.63) is 12.2 Å². The highest BCUT2D eigenvalue weighted by molar-refractivity contribution is 5.76. The maximum absolute atomic E-state index is 12.5. The van der Waals surface area contributed by atoms with Gasteiger partial charge < -0.3 is 20.3 Å². The number of nitrogens with one attached hydrogen (secondary N) is 1. The van der Waals surface area contributed by atoms with Gasteiger partial charge in [-0.2, -0.15) is 0 Å². The standard InChI is InChI=1S/C77H151NO5/c1-3-5-7-9-11-13-15-17-19-20-21-22-23-30-33-36-39-42-45-49-53-57-61-65-69-75(80)74(73-79)78-76(81)70-66-62-58-54-50-46-43-40-37-34-31-28-26-24-25-27-29-32-35-38-41-44-48-52-56-60-64-68-72-83-77(82)71-67-63-59-55-51-47-18-16-14-12-10-8-6-4-2/h65,69,74-75,79-80H,3-64,66-68,70-73H2,1-2H3,(H,78,81)/b69-65+. The summed E-state index contributed by atoms with van der Waals surface area (Å²) in [6, 6.07) is -0.626. The molecule has 0 radical (unpaired) electrons. The van der Waals surface area contributed by atoms with Gasteiger partial charge in [-0.25, -0.2) is 0 Å². The molecule has 0 fully saturated rings. The van der Waals surface area contributed by atoms with E-state index in [0.717, 1.165) is 38.5 Å². The Balaban J connectivity index is 3.36. The minimum absolute atomic E-state index is 0.0220.